The first-order valence-corrected chi connectivity index (χ1v) is 11.5. The second-order valence-electron chi connectivity index (χ2n) is 8.33. The molecule has 2 aromatic carbocycles. The van der Waals surface area contributed by atoms with Crippen molar-refractivity contribution in [1.82, 2.24) is 0 Å². The number of benzene rings is 2. The molecule has 0 amide bonds. The molecule has 1 saturated heterocycles. The number of aromatic hydroxyl groups is 1. The Balaban J connectivity index is 1.68. The summed E-state index contributed by atoms with van der Waals surface area (Å²) in [6, 6.07) is 9.01. The van der Waals surface area contributed by atoms with Gasteiger partial charge < -0.3 is 49.6 Å². The van der Waals surface area contributed by atoms with Crippen molar-refractivity contribution in [3.8, 4) is 23.0 Å². The van der Waals surface area contributed by atoms with Crippen LogP contribution in [0.25, 0.3) is 12.2 Å². The van der Waals surface area contributed by atoms with E-state index in [2.05, 4.69) is 0 Å². The summed E-state index contributed by atoms with van der Waals surface area (Å²) in [5, 5.41) is 58.8. The molecule has 0 aliphatic carbocycles. The minimum absolute atomic E-state index is 0.0368. The molecule has 1 aliphatic rings. The summed E-state index contributed by atoms with van der Waals surface area (Å²) in [7, 11) is 2.73. The van der Waals surface area contributed by atoms with Crippen LogP contribution in [0.4, 0.5) is 0 Å². The van der Waals surface area contributed by atoms with Gasteiger partial charge in [0.2, 0.25) is 6.29 Å². The number of phenols is 1. The minimum atomic E-state index is -1.86. The zero-order valence-electron chi connectivity index (χ0n) is 20.9. The van der Waals surface area contributed by atoms with E-state index in [-0.39, 0.29) is 28.8 Å². The first kappa shape index (κ1) is 29.2. The first-order chi connectivity index (χ1) is 18.5. The van der Waals surface area contributed by atoms with Gasteiger partial charge in [0.05, 0.1) is 14.2 Å². The maximum atomic E-state index is 12.2. The molecule has 12 heteroatoms. The Morgan fingerprint density at radius 2 is 1.44 bits per heavy atom. The van der Waals surface area contributed by atoms with Gasteiger partial charge in [0.25, 0.3) is 0 Å². The van der Waals surface area contributed by atoms with E-state index >= 15 is 0 Å². The number of carbonyl (C=O) groups excluding carboxylic acids is 1. The highest BCUT2D eigenvalue weighted by Gasteiger charge is 2.48. The highest BCUT2D eigenvalue weighted by Crippen LogP contribution is 2.32. The summed E-state index contributed by atoms with van der Waals surface area (Å²) in [4.78, 5) is 23.4. The second-order valence-corrected chi connectivity index (χ2v) is 8.33. The Kier molecular flexibility index (Phi) is 9.68. The lowest BCUT2D eigenvalue weighted by Crippen LogP contribution is -2.61. The van der Waals surface area contributed by atoms with Gasteiger partial charge >= 0.3 is 5.97 Å². The molecule has 6 N–H and O–H groups in total. The van der Waals surface area contributed by atoms with Gasteiger partial charge in [-0.3, -0.25) is 4.79 Å². The quantitative estimate of drug-likeness (QED) is 0.143. The number of hydrogen-bond acceptors (Lipinski definition) is 11. The van der Waals surface area contributed by atoms with Crippen LogP contribution in [0, 0.1) is 0 Å². The van der Waals surface area contributed by atoms with Crippen molar-refractivity contribution in [1.29, 1.82) is 0 Å². The summed E-state index contributed by atoms with van der Waals surface area (Å²) in [6.07, 6.45) is -2.39. The van der Waals surface area contributed by atoms with Gasteiger partial charge in [-0.25, -0.2) is 4.79 Å². The maximum Gasteiger partial charge on any atom is 0.335 e. The number of aliphatic hydroxyl groups is 4. The molecule has 39 heavy (non-hydrogen) atoms. The fraction of sp³-hybridized carbons (Fsp3) is 0.259. The summed E-state index contributed by atoms with van der Waals surface area (Å²) in [5.41, 5.74) is 1.12. The predicted octanol–water partition coefficient (Wildman–Crippen LogP) is 1.42. The van der Waals surface area contributed by atoms with Crippen LogP contribution in [0.1, 0.15) is 11.1 Å². The van der Waals surface area contributed by atoms with Crippen LogP contribution in [0.5, 0.6) is 23.0 Å². The zero-order valence-corrected chi connectivity index (χ0v) is 20.9. The van der Waals surface area contributed by atoms with Gasteiger partial charge in [-0.2, -0.15) is 0 Å². The van der Waals surface area contributed by atoms with Gasteiger partial charge in [0.15, 0.2) is 34.9 Å². The SMILES string of the molecule is COc1cc(/C=C/C(=O)C=C(O)/C=C/c2ccc(OC3O[C@H](C(=O)O)[C@@H](O)[C@H](O)[C@H]3O)c(OC)c2)ccc1O. The number of aliphatic hydroxyl groups excluding tert-OH is 4. The van der Waals surface area contributed by atoms with Crippen LogP contribution in [0.3, 0.4) is 0 Å². The molecule has 0 saturated carbocycles. The minimum Gasteiger partial charge on any atom is -0.508 e. The molecular weight excluding hydrogens is 516 g/mol. The molecule has 1 aliphatic heterocycles. The topological polar surface area (TPSA) is 192 Å². The van der Waals surface area contributed by atoms with E-state index in [9.17, 15) is 40.2 Å². The number of phenolic OH excluding ortho intramolecular Hbond substituents is 1. The van der Waals surface area contributed by atoms with E-state index in [0.717, 1.165) is 6.08 Å². The normalized spacial score (nSPS) is 23.6. The zero-order chi connectivity index (χ0) is 28.7. The van der Waals surface area contributed by atoms with Gasteiger partial charge in [-0.15, -0.1) is 0 Å². The number of carbonyl (C=O) groups is 2. The number of methoxy groups -OCH3 is 2. The van der Waals surface area contributed by atoms with E-state index < -0.39 is 42.5 Å². The van der Waals surface area contributed by atoms with E-state index in [0.29, 0.717) is 11.1 Å². The summed E-state index contributed by atoms with van der Waals surface area (Å²) in [6.45, 7) is 0. The molecule has 3 rings (SSSR count). The standard InChI is InChI=1S/C27H28O12/c1-36-20-11-14(5-9-18(20)30)3-7-16(28)13-17(29)8-4-15-6-10-19(21(12-15)37-2)38-27-24(33)22(31)23(32)25(39-27)26(34)35/h3-13,22-25,27,29-33H,1-2H3,(H,34,35)/b7-3+,8-4+,17-13?/t22-,23-,24+,25-,27?/m0/s1. The fourth-order valence-electron chi connectivity index (χ4n) is 3.56. The summed E-state index contributed by atoms with van der Waals surface area (Å²) >= 11 is 0. The van der Waals surface area contributed by atoms with E-state index in [1.165, 1.54) is 62.8 Å². The monoisotopic (exact) mass is 544 g/mol. The van der Waals surface area contributed by atoms with E-state index in [1.807, 2.05) is 0 Å². The number of allylic oxidation sites excluding steroid dienone is 3. The van der Waals surface area contributed by atoms with Crippen molar-refractivity contribution in [3.63, 3.8) is 0 Å². The van der Waals surface area contributed by atoms with E-state index in [1.54, 1.807) is 12.1 Å². The Labute approximate surface area is 222 Å². The number of rotatable bonds is 10. The van der Waals surface area contributed by atoms with Crippen LogP contribution in [-0.4, -0.2) is 87.3 Å². The highest BCUT2D eigenvalue weighted by atomic mass is 16.7. The number of hydrogen-bond donors (Lipinski definition) is 6. The number of carboxylic acid groups (broad SMARTS) is 1. The van der Waals surface area contributed by atoms with Crippen molar-refractivity contribution in [2.45, 2.75) is 30.7 Å². The molecule has 208 valence electrons. The molecule has 12 nitrogen and oxygen atoms in total. The molecule has 1 unspecified atom stereocenters. The molecule has 0 radical (unpaired) electrons. The molecule has 0 spiro atoms. The first-order valence-electron chi connectivity index (χ1n) is 11.5. The van der Waals surface area contributed by atoms with Crippen molar-refractivity contribution < 1.29 is 59.2 Å². The number of aliphatic carboxylic acids is 1. The average molecular weight is 545 g/mol. The van der Waals surface area contributed by atoms with Gasteiger partial charge in [-0.05, 0) is 47.5 Å². The molecule has 2 aromatic rings. The Morgan fingerprint density at radius 3 is 2.08 bits per heavy atom. The average Bonchev–Trinajstić information content (AvgIpc) is 2.91. The summed E-state index contributed by atoms with van der Waals surface area (Å²) in [5.74, 6) is -1.98. The number of carboxylic acids is 1. The Bertz CT molecular complexity index is 1280. The van der Waals surface area contributed by atoms with Crippen LogP contribution in [-0.2, 0) is 14.3 Å². The van der Waals surface area contributed by atoms with Crippen molar-refractivity contribution >= 4 is 23.9 Å². The van der Waals surface area contributed by atoms with Gasteiger partial charge in [0, 0.05) is 6.08 Å². The van der Waals surface area contributed by atoms with Crippen LogP contribution in [0.2, 0.25) is 0 Å². The third-order valence-corrected chi connectivity index (χ3v) is 5.62. The number of ketones is 1. The molecule has 0 aromatic heterocycles. The maximum absolute atomic E-state index is 12.2. The predicted molar refractivity (Wildman–Crippen MR) is 136 cm³/mol. The smallest absolute Gasteiger partial charge is 0.335 e. The van der Waals surface area contributed by atoms with Gasteiger partial charge in [0.1, 0.15) is 24.1 Å². The third kappa shape index (κ3) is 7.36. The lowest BCUT2D eigenvalue weighted by atomic mass is 9.99. The van der Waals surface area contributed by atoms with E-state index in [4.69, 9.17) is 18.9 Å². The molecule has 1 fully saturated rings. The largest absolute Gasteiger partial charge is 0.508 e. The third-order valence-electron chi connectivity index (χ3n) is 5.62. The lowest BCUT2D eigenvalue weighted by molar-refractivity contribution is -0.271. The molecule has 5 atom stereocenters. The van der Waals surface area contributed by atoms with Crippen molar-refractivity contribution in [3.05, 3.63) is 71.5 Å². The second kappa shape index (κ2) is 12.9. The summed E-state index contributed by atoms with van der Waals surface area (Å²) < 4.78 is 20.9. The molecular formula is C27H28O12. The highest BCUT2D eigenvalue weighted by molar-refractivity contribution is 6.02. The van der Waals surface area contributed by atoms with Gasteiger partial charge in [-0.1, -0.05) is 24.3 Å². The Morgan fingerprint density at radius 1 is 0.821 bits per heavy atom. The molecule has 1 heterocycles. The Hall–Kier alpha value is -4.36. The molecule has 0 bridgehead atoms. The van der Waals surface area contributed by atoms with Crippen molar-refractivity contribution in [2.75, 3.05) is 14.2 Å². The van der Waals surface area contributed by atoms with Crippen LogP contribution < -0.4 is 14.2 Å². The van der Waals surface area contributed by atoms with Crippen molar-refractivity contribution in [2.24, 2.45) is 0 Å². The van der Waals surface area contributed by atoms with Crippen LogP contribution in [0.15, 0.2) is 60.4 Å². The lowest BCUT2D eigenvalue weighted by Gasteiger charge is -2.38. The van der Waals surface area contributed by atoms with Crippen LogP contribution >= 0.6 is 0 Å². The number of ether oxygens (including phenoxy) is 4. The fourth-order valence-corrected chi connectivity index (χ4v) is 3.56.